The number of anilines is 2. The molecule has 1 aromatic heterocycles. The van der Waals surface area contributed by atoms with Crippen molar-refractivity contribution in [2.45, 2.75) is 19.3 Å². The topological polar surface area (TPSA) is 88.6 Å². The summed E-state index contributed by atoms with van der Waals surface area (Å²) in [4.78, 5) is 27.1. The number of amides is 1. The average molecular weight is 351 g/mol. The molecule has 4 rings (SSSR count). The number of nitrogens with two attached hydrogens (primary N) is 1. The normalized spacial score (nSPS) is 15.4. The van der Waals surface area contributed by atoms with Gasteiger partial charge >= 0.3 is 0 Å². The summed E-state index contributed by atoms with van der Waals surface area (Å²) in [5.41, 5.74) is 7.70. The molecule has 0 unspecified atom stereocenters. The zero-order chi connectivity index (χ0) is 18.1. The molecule has 2 heterocycles. The molecular formula is C20H21N3O3. The number of nitrogens with one attached hydrogen (secondary N) is 1. The van der Waals surface area contributed by atoms with Gasteiger partial charge in [-0.1, -0.05) is 6.42 Å². The molecule has 0 aliphatic carbocycles. The maximum atomic E-state index is 12.6. The van der Waals surface area contributed by atoms with Crippen LogP contribution in [0.1, 0.15) is 19.3 Å². The first-order valence-electron chi connectivity index (χ1n) is 8.88. The first-order valence-corrected chi connectivity index (χ1v) is 8.88. The maximum absolute atomic E-state index is 12.6. The number of carbonyl (C=O) groups excluding carboxylic acids is 1. The lowest BCUT2D eigenvalue weighted by Gasteiger charge is -2.25. The van der Waals surface area contributed by atoms with E-state index in [1.165, 1.54) is 6.42 Å². The van der Waals surface area contributed by atoms with Gasteiger partial charge in [0.05, 0.1) is 17.3 Å². The minimum atomic E-state index is -0.125. The van der Waals surface area contributed by atoms with Gasteiger partial charge in [-0.3, -0.25) is 14.5 Å². The van der Waals surface area contributed by atoms with Gasteiger partial charge in [-0.05, 0) is 56.3 Å². The van der Waals surface area contributed by atoms with Crippen molar-refractivity contribution in [2.75, 3.05) is 30.7 Å². The number of hydrogen-bond acceptors (Lipinski definition) is 5. The summed E-state index contributed by atoms with van der Waals surface area (Å²) < 4.78 is 5.84. The van der Waals surface area contributed by atoms with Crippen molar-refractivity contribution in [1.29, 1.82) is 0 Å². The van der Waals surface area contributed by atoms with Gasteiger partial charge in [0.15, 0.2) is 0 Å². The van der Waals surface area contributed by atoms with Crippen LogP contribution >= 0.6 is 0 Å². The van der Waals surface area contributed by atoms with Crippen LogP contribution in [0.3, 0.4) is 0 Å². The van der Waals surface area contributed by atoms with Crippen molar-refractivity contribution in [3.05, 3.63) is 46.6 Å². The summed E-state index contributed by atoms with van der Waals surface area (Å²) in [7, 11) is 0. The van der Waals surface area contributed by atoms with Crippen molar-refractivity contribution >= 4 is 39.2 Å². The van der Waals surface area contributed by atoms with Crippen LogP contribution in [0.5, 0.6) is 0 Å². The summed E-state index contributed by atoms with van der Waals surface area (Å²) >= 11 is 0. The van der Waals surface area contributed by atoms with E-state index in [4.69, 9.17) is 10.2 Å². The van der Waals surface area contributed by atoms with Crippen LogP contribution in [0.4, 0.5) is 11.4 Å². The lowest BCUT2D eigenvalue weighted by molar-refractivity contribution is -0.117. The van der Waals surface area contributed by atoms with Gasteiger partial charge in [-0.25, -0.2) is 0 Å². The second-order valence-electron chi connectivity index (χ2n) is 6.78. The Balaban J connectivity index is 1.60. The molecule has 0 atom stereocenters. The van der Waals surface area contributed by atoms with Crippen LogP contribution in [-0.4, -0.2) is 30.4 Å². The SMILES string of the molecule is Nc1ccc2oc3cc(NC(=O)CN4CCCCC4)ccc3c(=O)c2c1. The number of piperidine rings is 1. The highest BCUT2D eigenvalue weighted by atomic mass is 16.3. The van der Waals surface area contributed by atoms with Gasteiger partial charge < -0.3 is 15.5 Å². The molecule has 26 heavy (non-hydrogen) atoms. The monoisotopic (exact) mass is 351 g/mol. The Hall–Kier alpha value is -2.86. The molecule has 1 amide bonds. The van der Waals surface area contributed by atoms with Crippen LogP contribution in [0.25, 0.3) is 21.9 Å². The van der Waals surface area contributed by atoms with Crippen molar-refractivity contribution in [3.63, 3.8) is 0 Å². The fourth-order valence-corrected chi connectivity index (χ4v) is 3.47. The molecule has 3 N–H and O–H groups in total. The van der Waals surface area contributed by atoms with E-state index >= 15 is 0 Å². The Bertz CT molecular complexity index is 1040. The fraction of sp³-hybridized carbons (Fsp3) is 0.300. The molecule has 3 aromatic rings. The number of benzene rings is 2. The van der Waals surface area contributed by atoms with Crippen LogP contribution in [-0.2, 0) is 4.79 Å². The number of nitrogen functional groups attached to an aromatic ring is 1. The summed E-state index contributed by atoms with van der Waals surface area (Å²) in [6, 6.07) is 10.1. The first-order chi connectivity index (χ1) is 12.6. The Morgan fingerprint density at radius 2 is 1.85 bits per heavy atom. The molecule has 1 aliphatic heterocycles. The second-order valence-corrected chi connectivity index (χ2v) is 6.78. The smallest absolute Gasteiger partial charge is 0.238 e. The summed E-state index contributed by atoms with van der Waals surface area (Å²) in [6.07, 6.45) is 3.53. The predicted molar refractivity (Wildman–Crippen MR) is 103 cm³/mol. The van der Waals surface area contributed by atoms with E-state index in [1.54, 1.807) is 36.4 Å². The molecule has 1 aliphatic rings. The third kappa shape index (κ3) is 3.28. The zero-order valence-electron chi connectivity index (χ0n) is 14.5. The van der Waals surface area contributed by atoms with Gasteiger partial charge in [-0.15, -0.1) is 0 Å². The van der Waals surface area contributed by atoms with E-state index in [0.717, 1.165) is 25.9 Å². The van der Waals surface area contributed by atoms with E-state index in [0.29, 0.717) is 39.9 Å². The van der Waals surface area contributed by atoms with Gasteiger partial charge in [0.2, 0.25) is 11.3 Å². The third-order valence-electron chi connectivity index (χ3n) is 4.79. The summed E-state index contributed by atoms with van der Waals surface area (Å²) in [6.45, 7) is 2.32. The van der Waals surface area contributed by atoms with Gasteiger partial charge in [-0.2, -0.15) is 0 Å². The van der Waals surface area contributed by atoms with Gasteiger partial charge in [0, 0.05) is 17.4 Å². The maximum Gasteiger partial charge on any atom is 0.238 e. The fourth-order valence-electron chi connectivity index (χ4n) is 3.47. The van der Waals surface area contributed by atoms with E-state index in [2.05, 4.69) is 10.2 Å². The molecule has 0 saturated carbocycles. The van der Waals surface area contributed by atoms with Crippen LogP contribution in [0.2, 0.25) is 0 Å². The molecule has 1 fully saturated rings. The summed E-state index contributed by atoms with van der Waals surface area (Å²) in [5.74, 6) is -0.0536. The van der Waals surface area contributed by atoms with Crippen molar-refractivity contribution in [3.8, 4) is 0 Å². The van der Waals surface area contributed by atoms with Crippen molar-refractivity contribution in [1.82, 2.24) is 4.90 Å². The average Bonchev–Trinajstić information content (AvgIpc) is 2.63. The van der Waals surface area contributed by atoms with Crippen LogP contribution in [0.15, 0.2) is 45.6 Å². The number of carbonyl (C=O) groups is 1. The van der Waals surface area contributed by atoms with E-state index in [-0.39, 0.29) is 11.3 Å². The standard InChI is InChI=1S/C20H21N3O3/c21-13-4-7-17-16(10-13)20(25)15-6-5-14(11-18(15)26-17)22-19(24)12-23-8-2-1-3-9-23/h4-7,10-11H,1-3,8-9,12,21H2,(H,22,24). The second kappa shape index (κ2) is 6.80. The van der Waals surface area contributed by atoms with Crippen LogP contribution in [0, 0.1) is 0 Å². The Morgan fingerprint density at radius 1 is 1.04 bits per heavy atom. The predicted octanol–water partition coefficient (Wildman–Crippen LogP) is 2.95. The van der Waals surface area contributed by atoms with Crippen molar-refractivity contribution < 1.29 is 9.21 Å². The molecule has 0 bridgehead atoms. The highest BCUT2D eigenvalue weighted by molar-refractivity contribution is 5.96. The van der Waals surface area contributed by atoms with Crippen molar-refractivity contribution in [2.24, 2.45) is 0 Å². The third-order valence-corrected chi connectivity index (χ3v) is 4.79. The Labute approximate surface area is 150 Å². The quantitative estimate of drug-likeness (QED) is 0.559. The number of fused-ring (bicyclic) bond motifs is 2. The molecule has 2 aromatic carbocycles. The lowest BCUT2D eigenvalue weighted by Crippen LogP contribution is -2.36. The highest BCUT2D eigenvalue weighted by Gasteiger charge is 2.14. The minimum absolute atomic E-state index is 0.0536. The molecule has 0 radical (unpaired) electrons. The Kier molecular flexibility index (Phi) is 4.34. The number of hydrogen-bond donors (Lipinski definition) is 2. The van der Waals surface area contributed by atoms with E-state index in [1.807, 2.05) is 0 Å². The lowest BCUT2D eigenvalue weighted by atomic mass is 10.1. The number of rotatable bonds is 3. The zero-order valence-corrected chi connectivity index (χ0v) is 14.5. The molecule has 134 valence electrons. The Morgan fingerprint density at radius 3 is 2.65 bits per heavy atom. The van der Waals surface area contributed by atoms with Gasteiger partial charge in [0.25, 0.3) is 0 Å². The van der Waals surface area contributed by atoms with Crippen LogP contribution < -0.4 is 16.5 Å². The number of nitrogens with zero attached hydrogens (tertiary/aromatic N) is 1. The minimum Gasteiger partial charge on any atom is -0.456 e. The molecule has 6 nitrogen and oxygen atoms in total. The molecule has 1 saturated heterocycles. The highest BCUT2D eigenvalue weighted by Crippen LogP contribution is 2.23. The molecule has 6 heteroatoms. The summed E-state index contributed by atoms with van der Waals surface area (Å²) in [5, 5.41) is 3.82. The van der Waals surface area contributed by atoms with E-state index < -0.39 is 0 Å². The van der Waals surface area contributed by atoms with E-state index in [9.17, 15) is 9.59 Å². The number of likely N-dealkylation sites (tertiary alicyclic amines) is 1. The molecular weight excluding hydrogens is 330 g/mol. The first kappa shape index (κ1) is 16.6. The largest absolute Gasteiger partial charge is 0.456 e. The van der Waals surface area contributed by atoms with Gasteiger partial charge in [0.1, 0.15) is 11.2 Å². The molecule has 0 spiro atoms.